The van der Waals surface area contributed by atoms with Crippen LogP contribution in [-0.4, -0.2) is 63.1 Å². The summed E-state index contributed by atoms with van der Waals surface area (Å²) < 4.78 is 0. The zero-order chi connectivity index (χ0) is 17.1. The van der Waals surface area contributed by atoms with Gasteiger partial charge in [0.25, 0.3) is 0 Å². The third-order valence-electron chi connectivity index (χ3n) is 4.62. The van der Waals surface area contributed by atoms with E-state index in [4.69, 9.17) is 0 Å². The predicted molar refractivity (Wildman–Crippen MR) is 92.7 cm³/mol. The van der Waals surface area contributed by atoms with Gasteiger partial charge in [0.2, 0.25) is 0 Å². The molecule has 1 atom stereocenters. The molecule has 0 saturated carbocycles. The number of piperazine rings is 1. The van der Waals surface area contributed by atoms with Gasteiger partial charge in [-0.1, -0.05) is 30.3 Å². The zero-order valence-corrected chi connectivity index (χ0v) is 14.1. The van der Waals surface area contributed by atoms with Crippen molar-refractivity contribution in [2.45, 2.75) is 25.9 Å². The average molecular weight is 328 g/mol. The topological polar surface area (TPSA) is 72.5 Å². The molecule has 6 nitrogen and oxygen atoms in total. The molecular formula is C18H24N4O2. The zero-order valence-electron chi connectivity index (χ0n) is 14.1. The van der Waals surface area contributed by atoms with Gasteiger partial charge in [-0.15, -0.1) is 0 Å². The molecule has 1 aliphatic heterocycles. The van der Waals surface area contributed by atoms with Crippen LogP contribution < -0.4 is 0 Å². The first-order valence-corrected chi connectivity index (χ1v) is 8.37. The van der Waals surface area contributed by atoms with Crippen molar-refractivity contribution in [3.05, 3.63) is 42.2 Å². The predicted octanol–water partition coefficient (Wildman–Crippen LogP) is 2.23. The smallest absolute Gasteiger partial charge is 0.327 e. The molecule has 0 amide bonds. The Hall–Kier alpha value is -2.18. The lowest BCUT2D eigenvalue weighted by Crippen LogP contribution is -2.51. The van der Waals surface area contributed by atoms with Crippen molar-refractivity contribution >= 4 is 5.97 Å². The summed E-state index contributed by atoms with van der Waals surface area (Å²) in [5, 5.41) is 9.73. The molecule has 2 heterocycles. The number of benzene rings is 1. The molecule has 0 bridgehead atoms. The molecule has 1 fully saturated rings. The number of aliphatic carboxylic acids is 1. The lowest BCUT2D eigenvalue weighted by Gasteiger charge is -2.39. The van der Waals surface area contributed by atoms with Crippen LogP contribution >= 0.6 is 0 Å². The van der Waals surface area contributed by atoms with E-state index in [1.54, 1.807) is 6.20 Å². The molecule has 0 spiro atoms. The number of H-pyrrole nitrogens is 1. The molecule has 1 aromatic heterocycles. The van der Waals surface area contributed by atoms with Gasteiger partial charge in [-0.3, -0.25) is 14.6 Å². The molecule has 1 saturated heterocycles. The minimum Gasteiger partial charge on any atom is -0.480 e. The number of aromatic nitrogens is 2. The first-order valence-electron chi connectivity index (χ1n) is 8.37. The van der Waals surface area contributed by atoms with E-state index in [1.165, 1.54) is 0 Å². The van der Waals surface area contributed by atoms with Crippen LogP contribution in [0.4, 0.5) is 0 Å². The van der Waals surface area contributed by atoms with Crippen molar-refractivity contribution in [1.82, 2.24) is 19.8 Å². The highest BCUT2D eigenvalue weighted by atomic mass is 16.4. The van der Waals surface area contributed by atoms with Gasteiger partial charge in [-0.25, -0.2) is 4.98 Å². The van der Waals surface area contributed by atoms with E-state index >= 15 is 0 Å². The van der Waals surface area contributed by atoms with Crippen molar-refractivity contribution < 1.29 is 9.90 Å². The average Bonchev–Trinajstić information content (AvgIpc) is 3.05. The summed E-state index contributed by atoms with van der Waals surface area (Å²) in [7, 11) is 0. The van der Waals surface area contributed by atoms with Crippen molar-refractivity contribution in [3.63, 3.8) is 0 Å². The van der Waals surface area contributed by atoms with Crippen LogP contribution in [0.15, 0.2) is 36.5 Å². The van der Waals surface area contributed by atoms with Crippen molar-refractivity contribution in [2.75, 3.05) is 26.2 Å². The van der Waals surface area contributed by atoms with Gasteiger partial charge in [-0.05, 0) is 13.8 Å². The van der Waals surface area contributed by atoms with Crippen LogP contribution in [0.25, 0.3) is 11.4 Å². The van der Waals surface area contributed by atoms with Crippen LogP contribution in [0.5, 0.6) is 0 Å². The summed E-state index contributed by atoms with van der Waals surface area (Å²) in [6, 6.07) is 9.56. The molecule has 2 aromatic rings. The van der Waals surface area contributed by atoms with E-state index < -0.39 is 12.0 Å². The van der Waals surface area contributed by atoms with Gasteiger partial charge in [-0.2, -0.15) is 0 Å². The number of imidazole rings is 1. The molecular weight excluding hydrogens is 304 g/mol. The lowest BCUT2D eigenvalue weighted by molar-refractivity contribution is -0.144. The highest BCUT2D eigenvalue weighted by Crippen LogP contribution is 2.24. The second-order valence-corrected chi connectivity index (χ2v) is 6.46. The van der Waals surface area contributed by atoms with Crippen LogP contribution in [0, 0.1) is 0 Å². The maximum atomic E-state index is 11.9. The van der Waals surface area contributed by atoms with Crippen LogP contribution in [0.3, 0.4) is 0 Å². The maximum absolute atomic E-state index is 11.9. The Bertz CT molecular complexity index is 675. The summed E-state index contributed by atoms with van der Waals surface area (Å²) in [4.78, 5) is 23.8. The van der Waals surface area contributed by atoms with Gasteiger partial charge in [0, 0.05) is 37.8 Å². The minimum absolute atomic E-state index is 0.493. The Morgan fingerprint density at radius 1 is 1.12 bits per heavy atom. The van der Waals surface area contributed by atoms with Crippen LogP contribution in [0.1, 0.15) is 25.6 Å². The van der Waals surface area contributed by atoms with E-state index in [-0.39, 0.29) is 0 Å². The number of nitrogens with one attached hydrogen (secondary N) is 1. The second-order valence-electron chi connectivity index (χ2n) is 6.46. The molecule has 1 aliphatic rings. The van der Waals surface area contributed by atoms with E-state index in [0.29, 0.717) is 17.6 Å². The van der Waals surface area contributed by atoms with Gasteiger partial charge in [0.05, 0.1) is 11.9 Å². The molecule has 24 heavy (non-hydrogen) atoms. The van der Waals surface area contributed by atoms with Crippen molar-refractivity contribution in [1.29, 1.82) is 0 Å². The normalized spacial score (nSPS) is 18.0. The molecule has 3 rings (SSSR count). The largest absolute Gasteiger partial charge is 0.480 e. The Labute approximate surface area is 142 Å². The summed E-state index contributed by atoms with van der Waals surface area (Å²) in [5.74, 6) is -0.131. The molecule has 1 unspecified atom stereocenters. The summed E-state index contributed by atoms with van der Waals surface area (Å²) in [5.41, 5.74) is 1.59. The van der Waals surface area contributed by atoms with E-state index in [9.17, 15) is 9.90 Å². The SMILES string of the molecule is CC(C)N1CCN(C(C(=O)O)c2cnc(-c3ccccc3)[nH]2)CC1. The highest BCUT2D eigenvalue weighted by Gasteiger charge is 2.32. The number of aromatic amines is 1. The van der Waals surface area contributed by atoms with E-state index in [2.05, 4.69) is 28.7 Å². The Morgan fingerprint density at radius 2 is 1.75 bits per heavy atom. The van der Waals surface area contributed by atoms with Gasteiger partial charge < -0.3 is 10.1 Å². The van der Waals surface area contributed by atoms with Crippen LogP contribution in [0.2, 0.25) is 0 Å². The Morgan fingerprint density at radius 3 is 2.33 bits per heavy atom. The minimum atomic E-state index is -0.837. The Balaban J connectivity index is 1.78. The van der Waals surface area contributed by atoms with Crippen molar-refractivity contribution in [2.24, 2.45) is 0 Å². The number of nitrogens with zero attached hydrogens (tertiary/aromatic N) is 3. The number of carboxylic acid groups (broad SMARTS) is 1. The summed E-state index contributed by atoms with van der Waals surface area (Å²) >= 11 is 0. The Kier molecular flexibility index (Phi) is 4.97. The number of hydrogen-bond donors (Lipinski definition) is 2. The quantitative estimate of drug-likeness (QED) is 0.880. The first-order chi connectivity index (χ1) is 11.6. The first kappa shape index (κ1) is 16.7. The van der Waals surface area contributed by atoms with Crippen LogP contribution in [-0.2, 0) is 4.79 Å². The second kappa shape index (κ2) is 7.15. The molecule has 2 N–H and O–H groups in total. The molecule has 6 heteroatoms. The van der Waals surface area contributed by atoms with Gasteiger partial charge in [0.15, 0.2) is 6.04 Å². The highest BCUT2D eigenvalue weighted by molar-refractivity contribution is 5.75. The van der Waals surface area contributed by atoms with Gasteiger partial charge in [0.1, 0.15) is 5.82 Å². The standard InChI is InChI=1S/C18H24N4O2/c1-13(2)21-8-10-22(11-9-21)16(18(23)24)15-12-19-17(20-15)14-6-4-3-5-7-14/h3-7,12-13,16H,8-11H2,1-2H3,(H,19,20)(H,23,24). The monoisotopic (exact) mass is 328 g/mol. The number of rotatable bonds is 5. The molecule has 1 aromatic carbocycles. The fraction of sp³-hybridized carbons (Fsp3) is 0.444. The molecule has 0 aliphatic carbocycles. The fourth-order valence-corrected chi connectivity index (χ4v) is 3.21. The number of carbonyl (C=O) groups is 1. The number of hydrogen-bond acceptors (Lipinski definition) is 4. The van der Waals surface area contributed by atoms with E-state index in [0.717, 1.165) is 31.7 Å². The summed E-state index contributed by atoms with van der Waals surface area (Å²) in [6.45, 7) is 7.61. The molecule has 0 radical (unpaired) electrons. The maximum Gasteiger partial charge on any atom is 0.327 e. The molecule has 128 valence electrons. The van der Waals surface area contributed by atoms with Gasteiger partial charge >= 0.3 is 5.97 Å². The fourth-order valence-electron chi connectivity index (χ4n) is 3.21. The van der Waals surface area contributed by atoms with Crippen molar-refractivity contribution in [3.8, 4) is 11.4 Å². The third-order valence-corrected chi connectivity index (χ3v) is 4.62. The number of carboxylic acids is 1. The third kappa shape index (κ3) is 3.49. The summed E-state index contributed by atoms with van der Waals surface area (Å²) in [6.07, 6.45) is 1.65. The lowest BCUT2D eigenvalue weighted by atomic mass is 10.1. The van der Waals surface area contributed by atoms with E-state index in [1.807, 2.05) is 35.2 Å².